The smallest absolute Gasteiger partial charge is 0.251 e. The molecule has 1 saturated heterocycles. The minimum atomic E-state index is -0.178. The molecule has 0 spiro atoms. The SMILES string of the molecule is Cc1cc(C(=O)N[C@@H]2CCC(=O)N(C3CC3)[C@H]2c2cncn2C)ccn1. The summed E-state index contributed by atoms with van der Waals surface area (Å²) < 4.78 is 1.94. The van der Waals surface area contributed by atoms with E-state index in [1.54, 1.807) is 30.9 Å². The molecule has 1 saturated carbocycles. The summed E-state index contributed by atoms with van der Waals surface area (Å²) in [4.78, 5) is 35.7. The van der Waals surface area contributed by atoms with Gasteiger partial charge in [0, 0.05) is 37.0 Å². The summed E-state index contributed by atoms with van der Waals surface area (Å²) in [7, 11) is 1.93. The molecule has 0 bridgehead atoms. The first-order chi connectivity index (χ1) is 12.5. The Bertz CT molecular complexity index is 842. The first-order valence-electron chi connectivity index (χ1n) is 9.05. The van der Waals surface area contributed by atoms with Crippen LogP contribution in [0.3, 0.4) is 0 Å². The molecular weight excluding hydrogens is 330 g/mol. The predicted octanol–water partition coefficient (Wildman–Crippen LogP) is 1.75. The van der Waals surface area contributed by atoms with E-state index in [1.807, 2.05) is 23.4 Å². The Morgan fingerprint density at radius 3 is 2.77 bits per heavy atom. The van der Waals surface area contributed by atoms with Crippen molar-refractivity contribution in [2.75, 3.05) is 0 Å². The highest BCUT2D eigenvalue weighted by Gasteiger charge is 2.45. The Labute approximate surface area is 152 Å². The number of imidazole rings is 1. The first kappa shape index (κ1) is 16.8. The number of hydrogen-bond donors (Lipinski definition) is 1. The standard InChI is InChI=1S/C19H23N5O2/c1-12-9-13(7-8-21-12)19(26)22-15-5-6-17(25)24(14-3-4-14)18(15)16-10-20-11-23(16)2/h7-11,14-15,18H,3-6H2,1-2H3,(H,22,26)/t15-,18-/m1/s1. The number of rotatable bonds is 4. The van der Waals surface area contributed by atoms with Crippen LogP contribution in [0.1, 0.15) is 53.5 Å². The molecule has 1 N–H and O–H groups in total. The van der Waals surface area contributed by atoms with Crippen molar-refractivity contribution in [1.82, 2.24) is 24.8 Å². The number of hydrogen-bond acceptors (Lipinski definition) is 4. The number of aromatic nitrogens is 3. The molecular formula is C19H23N5O2. The number of nitrogens with one attached hydrogen (secondary N) is 1. The van der Waals surface area contributed by atoms with E-state index in [0.29, 0.717) is 18.4 Å². The van der Waals surface area contributed by atoms with Gasteiger partial charge in [-0.05, 0) is 38.3 Å². The molecule has 0 unspecified atom stereocenters. The van der Waals surface area contributed by atoms with Crippen LogP contribution >= 0.6 is 0 Å². The second-order valence-electron chi connectivity index (χ2n) is 7.21. The van der Waals surface area contributed by atoms with Gasteiger partial charge in [0.05, 0.1) is 30.3 Å². The summed E-state index contributed by atoms with van der Waals surface area (Å²) in [6, 6.07) is 3.47. The van der Waals surface area contributed by atoms with Gasteiger partial charge in [-0.25, -0.2) is 4.98 Å². The van der Waals surface area contributed by atoms with Crippen LogP contribution in [0.5, 0.6) is 0 Å². The molecule has 4 rings (SSSR count). The fraction of sp³-hybridized carbons (Fsp3) is 0.474. The molecule has 26 heavy (non-hydrogen) atoms. The van der Waals surface area contributed by atoms with Gasteiger partial charge in [-0.1, -0.05) is 0 Å². The molecule has 7 nitrogen and oxygen atoms in total. The number of likely N-dealkylation sites (tertiary alicyclic amines) is 1. The maximum absolute atomic E-state index is 12.8. The average molecular weight is 353 g/mol. The zero-order valence-electron chi connectivity index (χ0n) is 15.1. The lowest BCUT2D eigenvalue weighted by molar-refractivity contribution is -0.138. The van der Waals surface area contributed by atoms with Crippen molar-refractivity contribution in [2.45, 2.75) is 50.7 Å². The quantitative estimate of drug-likeness (QED) is 0.908. The zero-order valence-corrected chi connectivity index (χ0v) is 15.1. The molecule has 2 aliphatic rings. The van der Waals surface area contributed by atoms with E-state index in [4.69, 9.17) is 0 Å². The maximum Gasteiger partial charge on any atom is 0.251 e. The number of nitrogens with zero attached hydrogens (tertiary/aromatic N) is 4. The van der Waals surface area contributed by atoms with E-state index in [9.17, 15) is 9.59 Å². The van der Waals surface area contributed by atoms with Crippen LogP contribution in [0.4, 0.5) is 0 Å². The van der Waals surface area contributed by atoms with Crippen molar-refractivity contribution in [3.63, 3.8) is 0 Å². The van der Waals surface area contributed by atoms with Crippen LogP contribution in [0.2, 0.25) is 0 Å². The summed E-state index contributed by atoms with van der Waals surface area (Å²) in [5.41, 5.74) is 2.36. The first-order valence-corrected chi connectivity index (χ1v) is 9.05. The fourth-order valence-electron chi connectivity index (χ4n) is 3.79. The summed E-state index contributed by atoms with van der Waals surface area (Å²) in [5, 5.41) is 3.16. The van der Waals surface area contributed by atoms with Gasteiger partial charge in [0.25, 0.3) is 5.91 Å². The van der Waals surface area contributed by atoms with Gasteiger partial charge in [0.15, 0.2) is 0 Å². The fourth-order valence-corrected chi connectivity index (χ4v) is 3.79. The molecule has 0 aromatic carbocycles. The third-order valence-electron chi connectivity index (χ3n) is 5.21. The predicted molar refractivity (Wildman–Crippen MR) is 95.3 cm³/mol. The summed E-state index contributed by atoms with van der Waals surface area (Å²) >= 11 is 0. The highest BCUT2D eigenvalue weighted by Crippen LogP contribution is 2.40. The van der Waals surface area contributed by atoms with Crippen molar-refractivity contribution in [2.24, 2.45) is 7.05 Å². The summed E-state index contributed by atoms with van der Waals surface area (Å²) in [6.07, 6.45) is 8.34. The molecule has 1 aliphatic heterocycles. The van der Waals surface area contributed by atoms with Gasteiger partial charge in [0.1, 0.15) is 0 Å². The van der Waals surface area contributed by atoms with Crippen LogP contribution in [0.15, 0.2) is 30.9 Å². The van der Waals surface area contributed by atoms with Crippen LogP contribution in [-0.4, -0.2) is 43.3 Å². The lowest BCUT2D eigenvalue weighted by Crippen LogP contribution is -2.53. The van der Waals surface area contributed by atoms with Gasteiger partial charge < -0.3 is 14.8 Å². The minimum Gasteiger partial charge on any atom is -0.347 e. The monoisotopic (exact) mass is 353 g/mol. The van der Waals surface area contributed by atoms with E-state index in [0.717, 1.165) is 24.2 Å². The largest absolute Gasteiger partial charge is 0.347 e. The number of aryl methyl sites for hydroxylation is 2. The molecule has 7 heteroatoms. The molecule has 2 atom stereocenters. The van der Waals surface area contributed by atoms with Crippen LogP contribution in [-0.2, 0) is 11.8 Å². The van der Waals surface area contributed by atoms with Crippen molar-refractivity contribution in [3.8, 4) is 0 Å². The Balaban J connectivity index is 1.63. The third-order valence-corrected chi connectivity index (χ3v) is 5.21. The van der Waals surface area contributed by atoms with Crippen molar-refractivity contribution < 1.29 is 9.59 Å². The average Bonchev–Trinajstić information content (AvgIpc) is 3.37. The Hall–Kier alpha value is -2.70. The molecule has 2 aromatic rings. The van der Waals surface area contributed by atoms with Crippen molar-refractivity contribution in [3.05, 3.63) is 47.8 Å². The van der Waals surface area contributed by atoms with E-state index < -0.39 is 0 Å². The van der Waals surface area contributed by atoms with E-state index >= 15 is 0 Å². The van der Waals surface area contributed by atoms with E-state index in [1.165, 1.54) is 0 Å². The zero-order chi connectivity index (χ0) is 18.3. The molecule has 2 amide bonds. The number of pyridine rings is 1. The molecule has 2 aromatic heterocycles. The minimum absolute atomic E-state index is 0.127. The van der Waals surface area contributed by atoms with Gasteiger partial charge in [-0.3, -0.25) is 14.6 Å². The Morgan fingerprint density at radius 1 is 1.31 bits per heavy atom. The third kappa shape index (κ3) is 3.09. The number of amides is 2. The van der Waals surface area contributed by atoms with Crippen LogP contribution < -0.4 is 5.32 Å². The summed E-state index contributed by atoms with van der Waals surface area (Å²) in [6.45, 7) is 1.86. The van der Waals surface area contributed by atoms with Crippen molar-refractivity contribution in [1.29, 1.82) is 0 Å². The second kappa shape index (κ2) is 6.55. The highest BCUT2D eigenvalue weighted by atomic mass is 16.2. The van der Waals surface area contributed by atoms with Gasteiger partial charge in [-0.2, -0.15) is 0 Å². The number of piperidine rings is 1. The van der Waals surface area contributed by atoms with Crippen LogP contribution in [0, 0.1) is 6.92 Å². The topological polar surface area (TPSA) is 80.1 Å². The summed E-state index contributed by atoms with van der Waals surface area (Å²) in [5.74, 6) is 0.0433. The molecule has 1 aliphatic carbocycles. The number of carbonyl (C=O) groups is 2. The van der Waals surface area contributed by atoms with E-state index in [2.05, 4.69) is 15.3 Å². The van der Waals surface area contributed by atoms with Gasteiger partial charge in [-0.15, -0.1) is 0 Å². The second-order valence-corrected chi connectivity index (χ2v) is 7.21. The molecule has 3 heterocycles. The molecule has 2 fully saturated rings. The Morgan fingerprint density at radius 2 is 2.12 bits per heavy atom. The highest BCUT2D eigenvalue weighted by molar-refractivity contribution is 5.94. The van der Waals surface area contributed by atoms with Gasteiger partial charge >= 0.3 is 0 Å². The molecule has 136 valence electrons. The lowest BCUT2D eigenvalue weighted by atomic mass is 9.92. The van der Waals surface area contributed by atoms with Gasteiger partial charge in [0.2, 0.25) is 5.91 Å². The normalized spacial score (nSPS) is 23.2. The maximum atomic E-state index is 12.8. The molecule has 0 radical (unpaired) electrons. The number of carbonyl (C=O) groups excluding carboxylic acids is 2. The van der Waals surface area contributed by atoms with E-state index in [-0.39, 0.29) is 29.9 Å². The van der Waals surface area contributed by atoms with Crippen LogP contribution in [0.25, 0.3) is 0 Å². The van der Waals surface area contributed by atoms with Crippen molar-refractivity contribution >= 4 is 11.8 Å². The Kier molecular flexibility index (Phi) is 4.22. The lowest BCUT2D eigenvalue weighted by Gasteiger charge is -2.41.